The van der Waals surface area contributed by atoms with Gasteiger partial charge in [0.1, 0.15) is 0 Å². The number of hydrogen-bond donors (Lipinski definition) is 0. The summed E-state index contributed by atoms with van der Waals surface area (Å²) in [7, 11) is -5.55. The predicted octanol–water partition coefficient (Wildman–Crippen LogP) is 13.7. The Kier molecular flexibility index (Phi) is 7.98. The Morgan fingerprint density at radius 2 is 0.902 bits per heavy atom. The molecule has 12 rings (SSSR count). The second-order valence-electron chi connectivity index (χ2n) is 16.5. The molecule has 0 amide bonds. The van der Waals surface area contributed by atoms with Gasteiger partial charge in [-0.05, 0) is 114 Å². The molecule has 1 atom stereocenters. The highest BCUT2D eigenvalue weighted by Gasteiger charge is 2.53. The van der Waals surface area contributed by atoms with E-state index in [1.807, 2.05) is 18.2 Å². The van der Waals surface area contributed by atoms with Crippen LogP contribution in [0.25, 0.3) is 11.1 Å². The minimum Gasteiger partial charge on any atom is -0.310 e. The molecule has 4 heteroatoms. The number of rotatable bonds is 4. The van der Waals surface area contributed by atoms with Gasteiger partial charge in [-0.1, -0.05) is 163 Å². The van der Waals surface area contributed by atoms with Crippen molar-refractivity contribution in [2.75, 3.05) is 4.90 Å². The van der Waals surface area contributed by atoms with Crippen LogP contribution < -0.4 is 20.8 Å². The minimum atomic E-state index is -3.36. The molecular formula is C57H42NOPS. The highest BCUT2D eigenvalue weighted by molar-refractivity contribution is 8.34. The summed E-state index contributed by atoms with van der Waals surface area (Å²) in [5.74, 6) is 0. The van der Waals surface area contributed by atoms with E-state index in [4.69, 9.17) is 0 Å². The lowest BCUT2D eigenvalue weighted by atomic mass is 9.64. The second-order valence-corrected chi connectivity index (χ2v) is 22.3. The van der Waals surface area contributed by atoms with Gasteiger partial charge in [-0.25, -0.2) is 0 Å². The van der Waals surface area contributed by atoms with E-state index in [0.29, 0.717) is 0 Å². The molecular weight excluding hydrogens is 778 g/mol. The van der Waals surface area contributed by atoms with Gasteiger partial charge in [0.15, 0.2) is 7.14 Å². The Balaban J connectivity index is 1.21. The van der Waals surface area contributed by atoms with Crippen LogP contribution in [0.5, 0.6) is 0 Å². The largest absolute Gasteiger partial charge is 0.310 e. The van der Waals surface area contributed by atoms with Crippen molar-refractivity contribution >= 4 is 50.1 Å². The minimum absolute atomic E-state index is 0.522. The van der Waals surface area contributed by atoms with E-state index in [9.17, 15) is 0 Å². The summed E-state index contributed by atoms with van der Waals surface area (Å²) in [6, 6.07) is 79.6. The van der Waals surface area contributed by atoms with E-state index in [1.165, 1.54) is 54.3 Å². The van der Waals surface area contributed by atoms with Crippen molar-refractivity contribution < 1.29 is 4.57 Å². The van der Waals surface area contributed by atoms with E-state index in [-0.39, 0.29) is 0 Å². The highest BCUT2D eigenvalue weighted by atomic mass is 32.3. The molecule has 9 aromatic rings. The summed E-state index contributed by atoms with van der Waals surface area (Å²) in [6.07, 6.45) is 0. The Labute approximate surface area is 359 Å². The summed E-state index contributed by atoms with van der Waals surface area (Å²) in [5.41, 5.74) is 13.0. The molecule has 0 fully saturated rings. The van der Waals surface area contributed by atoms with Crippen LogP contribution in [0.3, 0.4) is 0 Å². The summed E-state index contributed by atoms with van der Waals surface area (Å²) >= 11 is 0. The van der Waals surface area contributed by atoms with E-state index in [2.05, 4.69) is 219 Å². The average molecular weight is 820 g/mol. The molecule has 0 radical (unpaired) electrons. The zero-order valence-corrected chi connectivity index (χ0v) is 35.7. The smallest absolute Gasteiger partial charge is 0.173 e. The first-order valence-corrected chi connectivity index (χ1v) is 24.4. The molecule has 0 saturated heterocycles. The van der Waals surface area contributed by atoms with E-state index < -0.39 is 22.6 Å². The lowest BCUT2D eigenvalue weighted by Crippen LogP contribution is -2.37. The normalized spacial score (nSPS) is 17.6. The van der Waals surface area contributed by atoms with Crippen LogP contribution in [-0.2, 0) is 9.98 Å². The summed E-state index contributed by atoms with van der Waals surface area (Å²) in [6.45, 7) is 4.43. The maximum atomic E-state index is 16.6. The molecule has 1 unspecified atom stereocenters. The fourth-order valence-corrected chi connectivity index (χ4v) is 19.2. The number of anilines is 3. The van der Waals surface area contributed by atoms with Gasteiger partial charge in [0.2, 0.25) is 0 Å². The molecule has 2 heterocycles. The van der Waals surface area contributed by atoms with Crippen molar-refractivity contribution in [1.82, 2.24) is 0 Å². The monoisotopic (exact) mass is 819 g/mol. The lowest BCUT2D eigenvalue weighted by Gasteiger charge is -2.49. The zero-order chi connectivity index (χ0) is 40.9. The number of fused-ring (bicyclic) bond motifs is 11. The molecule has 292 valence electrons. The van der Waals surface area contributed by atoms with E-state index >= 15 is 4.57 Å². The number of hydrogen-bond acceptors (Lipinski definition) is 2. The zero-order valence-electron chi connectivity index (χ0n) is 34.0. The fourth-order valence-electron chi connectivity index (χ4n) is 10.8. The van der Waals surface area contributed by atoms with Crippen LogP contribution in [0.4, 0.5) is 17.1 Å². The molecule has 9 aromatic carbocycles. The van der Waals surface area contributed by atoms with Crippen molar-refractivity contribution in [3.8, 4) is 11.1 Å². The third kappa shape index (κ3) is 4.79. The summed E-state index contributed by atoms with van der Waals surface area (Å²) in [5, 5.41) is 2.68. The molecule has 0 N–H and O–H groups in total. The van der Waals surface area contributed by atoms with Gasteiger partial charge in [0.05, 0.1) is 16.8 Å². The maximum Gasteiger partial charge on any atom is 0.173 e. The highest BCUT2D eigenvalue weighted by Crippen LogP contribution is 2.77. The first-order valence-electron chi connectivity index (χ1n) is 21.0. The number of nitrogens with zero attached hydrogens (tertiary/aromatic N) is 1. The van der Waals surface area contributed by atoms with Crippen LogP contribution in [0.15, 0.2) is 238 Å². The SMILES string of the molecule is Cc1ccc2c(c1)C1(c3ccccc3-c3ccccc31)c1cc(C)ccc1N2c1ccc2c(c1)S(c1ccccc1)(c1ccccc1)c1ccccc1P2(=O)c1ccccc1. The summed E-state index contributed by atoms with van der Waals surface area (Å²) in [4.78, 5) is 7.18. The van der Waals surface area contributed by atoms with Gasteiger partial charge in [0, 0.05) is 41.2 Å². The molecule has 3 aliphatic rings. The maximum absolute atomic E-state index is 16.6. The van der Waals surface area contributed by atoms with Crippen LogP contribution in [-0.4, -0.2) is 0 Å². The van der Waals surface area contributed by atoms with Crippen molar-refractivity contribution in [2.24, 2.45) is 0 Å². The second kappa shape index (κ2) is 13.4. The molecule has 0 bridgehead atoms. The van der Waals surface area contributed by atoms with Gasteiger partial charge in [-0.3, -0.25) is 0 Å². The predicted molar refractivity (Wildman–Crippen MR) is 254 cm³/mol. The molecule has 0 saturated carbocycles. The van der Waals surface area contributed by atoms with Crippen LogP contribution in [0.1, 0.15) is 33.4 Å². The third-order valence-electron chi connectivity index (χ3n) is 13.3. The van der Waals surface area contributed by atoms with Crippen LogP contribution >= 0.6 is 17.2 Å². The van der Waals surface area contributed by atoms with Crippen molar-refractivity contribution in [3.63, 3.8) is 0 Å². The quantitative estimate of drug-likeness (QED) is 0.165. The van der Waals surface area contributed by atoms with Crippen LogP contribution in [0, 0.1) is 13.8 Å². The van der Waals surface area contributed by atoms with Crippen molar-refractivity contribution in [1.29, 1.82) is 0 Å². The van der Waals surface area contributed by atoms with Crippen LogP contribution in [0.2, 0.25) is 0 Å². The third-order valence-corrected chi connectivity index (χ3v) is 20.7. The van der Waals surface area contributed by atoms with Gasteiger partial charge < -0.3 is 9.46 Å². The number of aryl methyl sites for hydroxylation is 2. The molecule has 1 spiro atoms. The fraction of sp³-hybridized carbons (Fsp3) is 0.0526. The molecule has 2 aliphatic heterocycles. The average Bonchev–Trinajstić information content (AvgIpc) is 3.61. The molecule has 0 aromatic heterocycles. The first-order chi connectivity index (χ1) is 30.0. The Hall–Kier alpha value is -6.64. The van der Waals surface area contributed by atoms with Gasteiger partial charge in [0.25, 0.3) is 0 Å². The molecule has 61 heavy (non-hydrogen) atoms. The van der Waals surface area contributed by atoms with Gasteiger partial charge >= 0.3 is 0 Å². The molecule has 1 aliphatic carbocycles. The van der Waals surface area contributed by atoms with E-state index in [1.54, 1.807) is 0 Å². The molecule has 2 nitrogen and oxygen atoms in total. The standard InChI is InChI=1S/C57H42NOPS/c1-39-30-33-51-49(36-39)57(47-26-14-12-24-45(47)46-25-13-15-27-48(46)57)50-37-40(2)31-34-52(50)58(51)41-32-35-54-56(38-41)61(43-20-8-4-9-21-43,44-22-10-5-11-23-44)55-29-17-16-28-53(55)60(54,59)42-18-6-3-7-19-42/h3-38H,1-2H3. The van der Waals surface area contributed by atoms with Crippen molar-refractivity contribution in [3.05, 3.63) is 252 Å². The number of benzene rings is 9. The Bertz CT molecular complexity index is 3130. The van der Waals surface area contributed by atoms with Gasteiger partial charge in [-0.15, -0.1) is 10.0 Å². The summed E-state index contributed by atoms with van der Waals surface area (Å²) < 4.78 is 16.6. The Morgan fingerprint density at radius 1 is 0.426 bits per heavy atom. The first kappa shape index (κ1) is 36.2. The topological polar surface area (TPSA) is 20.3 Å². The van der Waals surface area contributed by atoms with Crippen molar-refractivity contribution in [2.45, 2.75) is 38.8 Å². The Morgan fingerprint density at radius 3 is 1.48 bits per heavy atom. The lowest BCUT2D eigenvalue weighted by molar-refractivity contribution is 0.591. The van der Waals surface area contributed by atoms with Gasteiger partial charge in [-0.2, -0.15) is 0 Å². The van der Waals surface area contributed by atoms with E-state index in [0.717, 1.165) is 42.8 Å².